The van der Waals surface area contributed by atoms with Crippen molar-refractivity contribution in [1.29, 1.82) is 0 Å². The van der Waals surface area contributed by atoms with Gasteiger partial charge in [-0.15, -0.1) is 0 Å². The molecule has 0 fully saturated rings. The zero-order chi connectivity index (χ0) is 13.0. The Morgan fingerprint density at radius 1 is 0.571 bits per heavy atom. The monoisotopic (exact) mass is 282 g/mol. The first-order valence-corrected chi connectivity index (χ1v) is 8.57. The highest BCUT2D eigenvalue weighted by molar-refractivity contribution is 8.04. The predicted octanol–water partition coefficient (Wildman–Crippen LogP) is -3.36. The maximum absolute atomic E-state index is 8.92. The molecule has 0 heterocycles. The van der Waals surface area contributed by atoms with E-state index in [4.69, 9.17) is 29.4 Å². The normalized spacial score (nSPS) is 9.29. The standard InChI is InChI=1S/2C2H6.2H3O3PS/c2*1-2;2*1-4(2,3)5/h2*1-2H3;2*(H3,1,2,3,5)/p-6. The number of hydrogen-bond donors (Lipinski definition) is 0. The summed E-state index contributed by atoms with van der Waals surface area (Å²) < 4.78 is 0. The summed E-state index contributed by atoms with van der Waals surface area (Å²) in [6.07, 6.45) is 0. The highest BCUT2D eigenvalue weighted by Crippen LogP contribution is 2.04. The van der Waals surface area contributed by atoms with E-state index in [2.05, 4.69) is 23.6 Å². The Kier molecular flexibility index (Phi) is 24.4. The minimum absolute atomic E-state index is 2.00. The van der Waals surface area contributed by atoms with Gasteiger partial charge >= 0.3 is 0 Å². The summed E-state index contributed by atoms with van der Waals surface area (Å²) in [4.78, 5) is 53.5. The van der Waals surface area contributed by atoms with E-state index < -0.39 is 13.4 Å². The second kappa shape index (κ2) is 14.1. The Bertz CT molecular complexity index is 138. The molecular formula is C4H12O6P2S2-6. The number of hydrogen-bond acceptors (Lipinski definition) is 8. The Labute approximate surface area is 94.4 Å². The van der Waals surface area contributed by atoms with E-state index >= 15 is 0 Å². The van der Waals surface area contributed by atoms with Crippen LogP contribution in [0.25, 0.3) is 0 Å². The van der Waals surface area contributed by atoms with E-state index in [0.29, 0.717) is 0 Å². The van der Waals surface area contributed by atoms with Crippen LogP contribution in [0.4, 0.5) is 0 Å². The van der Waals surface area contributed by atoms with Gasteiger partial charge in [0.2, 0.25) is 0 Å². The average Bonchev–Trinajstić information content (AvgIpc) is 1.88. The Hall–Kier alpha value is 1.06. The van der Waals surface area contributed by atoms with Crippen LogP contribution >= 0.6 is 13.4 Å². The summed E-state index contributed by atoms with van der Waals surface area (Å²) in [5.41, 5.74) is 0. The summed E-state index contributed by atoms with van der Waals surface area (Å²) in [5.74, 6) is 0. The molecule has 0 aromatic rings. The van der Waals surface area contributed by atoms with Crippen molar-refractivity contribution in [3.63, 3.8) is 0 Å². The van der Waals surface area contributed by atoms with Gasteiger partial charge in [-0.2, -0.15) is 23.6 Å². The molecule has 0 spiro atoms. The van der Waals surface area contributed by atoms with Gasteiger partial charge in [0, 0.05) is 0 Å². The first kappa shape index (κ1) is 24.3. The second-order valence-electron chi connectivity index (χ2n) is 0.894. The summed E-state index contributed by atoms with van der Waals surface area (Å²) in [7, 11) is 0. The third-order valence-electron chi connectivity index (χ3n) is 0. The van der Waals surface area contributed by atoms with Crippen LogP contribution in [0.1, 0.15) is 27.7 Å². The SMILES string of the molecule is CC.CC.[O-]P([O-])([O-])=S.[O-]P([O-])([O-])=S. The van der Waals surface area contributed by atoms with Gasteiger partial charge in [0.15, 0.2) is 0 Å². The third-order valence-corrected chi connectivity index (χ3v) is 0. The third kappa shape index (κ3) is 1690. The van der Waals surface area contributed by atoms with Crippen molar-refractivity contribution in [2.24, 2.45) is 0 Å². The molecule has 0 N–H and O–H groups in total. The van der Waals surface area contributed by atoms with Gasteiger partial charge in [-0.1, -0.05) is 27.7 Å². The lowest BCUT2D eigenvalue weighted by Crippen LogP contribution is -2.23. The largest absolute Gasteiger partial charge is 0.844 e. The van der Waals surface area contributed by atoms with Gasteiger partial charge in [0.1, 0.15) is 0 Å². The Morgan fingerprint density at radius 2 is 0.571 bits per heavy atom. The van der Waals surface area contributed by atoms with Crippen molar-refractivity contribution < 1.29 is 29.4 Å². The minimum atomic E-state index is -4.56. The van der Waals surface area contributed by atoms with Crippen LogP contribution in [0.3, 0.4) is 0 Å². The van der Waals surface area contributed by atoms with E-state index in [0.717, 1.165) is 0 Å². The van der Waals surface area contributed by atoms with Crippen LogP contribution in [0.15, 0.2) is 0 Å². The molecule has 0 bridgehead atoms. The molecule has 0 unspecified atom stereocenters. The summed E-state index contributed by atoms with van der Waals surface area (Å²) in [5, 5.41) is 0. The quantitative estimate of drug-likeness (QED) is 0.420. The van der Waals surface area contributed by atoms with Gasteiger partial charge in [-0.25, -0.2) is 0 Å². The van der Waals surface area contributed by atoms with Crippen molar-refractivity contribution in [3.05, 3.63) is 0 Å². The topological polar surface area (TPSA) is 138 Å². The predicted molar refractivity (Wildman–Crippen MR) is 51.3 cm³/mol. The van der Waals surface area contributed by atoms with E-state index in [1.54, 1.807) is 0 Å². The lowest BCUT2D eigenvalue weighted by molar-refractivity contribution is -0.413. The molecule has 0 aliphatic rings. The molecule has 6 nitrogen and oxygen atoms in total. The van der Waals surface area contributed by atoms with Crippen LogP contribution in [0, 0.1) is 0 Å². The van der Waals surface area contributed by atoms with E-state index in [1.165, 1.54) is 0 Å². The second-order valence-corrected chi connectivity index (χ2v) is 5.37. The average molecular weight is 282 g/mol. The maximum atomic E-state index is 8.92. The summed E-state index contributed by atoms with van der Waals surface area (Å²) in [6.45, 7) is -1.11. The van der Waals surface area contributed by atoms with Gasteiger partial charge < -0.3 is 42.8 Å². The Morgan fingerprint density at radius 3 is 0.571 bits per heavy atom. The van der Waals surface area contributed by atoms with Crippen molar-refractivity contribution in [2.75, 3.05) is 0 Å². The van der Waals surface area contributed by atoms with E-state index in [1.807, 2.05) is 27.7 Å². The van der Waals surface area contributed by atoms with Crippen molar-refractivity contribution >= 4 is 37.1 Å². The fourth-order valence-electron chi connectivity index (χ4n) is 0. The highest BCUT2D eigenvalue weighted by atomic mass is 32.5. The fourth-order valence-corrected chi connectivity index (χ4v) is 0. The van der Waals surface area contributed by atoms with Gasteiger partial charge in [-0.05, 0) is 0 Å². The van der Waals surface area contributed by atoms with Crippen molar-refractivity contribution in [1.82, 2.24) is 0 Å². The molecule has 0 saturated carbocycles. The van der Waals surface area contributed by atoms with Crippen molar-refractivity contribution in [3.8, 4) is 0 Å². The van der Waals surface area contributed by atoms with Crippen LogP contribution in [0.2, 0.25) is 0 Å². The first-order valence-electron chi connectivity index (χ1n) is 3.46. The summed E-state index contributed by atoms with van der Waals surface area (Å²) in [6, 6.07) is 0. The van der Waals surface area contributed by atoms with Crippen LogP contribution < -0.4 is 29.4 Å². The molecule has 0 radical (unpaired) electrons. The first-order chi connectivity index (χ1) is 6.00. The molecular weight excluding hydrogens is 270 g/mol. The molecule has 10 heteroatoms. The minimum Gasteiger partial charge on any atom is -0.844 e. The summed E-state index contributed by atoms with van der Waals surface area (Å²) >= 11 is 6.54. The zero-order valence-corrected chi connectivity index (χ0v) is 11.6. The molecule has 0 rings (SSSR count). The molecule has 0 aromatic heterocycles. The van der Waals surface area contributed by atoms with Gasteiger partial charge in [-0.3, -0.25) is 0 Å². The van der Waals surface area contributed by atoms with Crippen LogP contribution in [-0.2, 0) is 23.6 Å². The Balaban J connectivity index is -0.0000000528. The van der Waals surface area contributed by atoms with Crippen LogP contribution in [-0.4, -0.2) is 0 Å². The molecule has 14 heavy (non-hydrogen) atoms. The van der Waals surface area contributed by atoms with E-state index in [9.17, 15) is 0 Å². The zero-order valence-electron chi connectivity index (χ0n) is 8.16. The molecule has 0 aliphatic heterocycles. The number of rotatable bonds is 0. The molecule has 0 saturated heterocycles. The molecule has 0 aliphatic carbocycles. The molecule has 92 valence electrons. The molecule has 0 aromatic carbocycles. The lowest BCUT2D eigenvalue weighted by atomic mass is 11.0. The smallest absolute Gasteiger partial charge is 0.0683 e. The van der Waals surface area contributed by atoms with Gasteiger partial charge in [0.25, 0.3) is 0 Å². The van der Waals surface area contributed by atoms with Crippen LogP contribution in [0.5, 0.6) is 0 Å². The fraction of sp³-hybridized carbons (Fsp3) is 1.00. The van der Waals surface area contributed by atoms with E-state index in [-0.39, 0.29) is 0 Å². The lowest BCUT2D eigenvalue weighted by Gasteiger charge is -2.43. The molecule has 0 amide bonds. The highest BCUT2D eigenvalue weighted by Gasteiger charge is 1.37. The van der Waals surface area contributed by atoms with Gasteiger partial charge in [0.05, 0.1) is 0 Å². The van der Waals surface area contributed by atoms with Crippen molar-refractivity contribution in [2.45, 2.75) is 27.7 Å². The molecule has 0 atom stereocenters. The maximum Gasteiger partial charge on any atom is -0.0683 e.